The van der Waals surface area contributed by atoms with Crippen molar-refractivity contribution in [2.45, 2.75) is 25.8 Å². The van der Waals surface area contributed by atoms with Crippen molar-refractivity contribution in [3.05, 3.63) is 23.2 Å². The minimum Gasteiger partial charge on any atom is -0.497 e. The number of halogens is 1. The number of carbonyl (C=O) groups is 2. The normalized spacial score (nSPS) is 13.2. The van der Waals surface area contributed by atoms with Gasteiger partial charge < -0.3 is 20.5 Å². The molecular weight excluding hydrogens is 284 g/mol. The molecule has 1 rings (SSSR count). The summed E-state index contributed by atoms with van der Waals surface area (Å²) in [5.41, 5.74) is -0.998. The number of carboxylic acids is 1. The maximum Gasteiger partial charge on any atom is 0.329 e. The van der Waals surface area contributed by atoms with Crippen LogP contribution in [0.1, 0.15) is 20.3 Å². The van der Waals surface area contributed by atoms with Gasteiger partial charge in [-0.3, -0.25) is 0 Å². The smallest absolute Gasteiger partial charge is 0.329 e. The molecule has 6 nitrogen and oxygen atoms in total. The summed E-state index contributed by atoms with van der Waals surface area (Å²) in [7, 11) is 1.49. The van der Waals surface area contributed by atoms with Crippen molar-refractivity contribution in [2.75, 3.05) is 12.4 Å². The molecule has 0 spiro atoms. The van der Waals surface area contributed by atoms with Crippen molar-refractivity contribution in [1.82, 2.24) is 5.32 Å². The molecule has 2 amide bonds. The average Bonchev–Trinajstić information content (AvgIpc) is 2.40. The summed E-state index contributed by atoms with van der Waals surface area (Å²) in [4.78, 5) is 23.0. The fourth-order valence-corrected chi connectivity index (χ4v) is 1.59. The Morgan fingerprint density at radius 3 is 2.60 bits per heavy atom. The Labute approximate surface area is 122 Å². The summed E-state index contributed by atoms with van der Waals surface area (Å²) in [6, 6.07) is 4.13. The van der Waals surface area contributed by atoms with Crippen LogP contribution >= 0.6 is 11.6 Å². The van der Waals surface area contributed by atoms with E-state index in [1.54, 1.807) is 25.1 Å². The van der Waals surface area contributed by atoms with E-state index in [1.165, 1.54) is 14.0 Å². The number of carbonyl (C=O) groups excluding carboxylic acids is 1. The summed E-state index contributed by atoms with van der Waals surface area (Å²) in [5.74, 6) is -0.576. The van der Waals surface area contributed by atoms with E-state index in [4.69, 9.17) is 21.4 Å². The van der Waals surface area contributed by atoms with E-state index in [2.05, 4.69) is 10.6 Å². The highest BCUT2D eigenvalue weighted by molar-refractivity contribution is 6.33. The maximum atomic E-state index is 11.9. The van der Waals surface area contributed by atoms with Crippen LogP contribution in [0.3, 0.4) is 0 Å². The van der Waals surface area contributed by atoms with Crippen molar-refractivity contribution in [2.24, 2.45) is 0 Å². The van der Waals surface area contributed by atoms with E-state index in [0.29, 0.717) is 16.5 Å². The number of ether oxygens (including phenoxy) is 1. The molecule has 3 N–H and O–H groups in total. The number of nitrogens with one attached hydrogen (secondary N) is 2. The van der Waals surface area contributed by atoms with Gasteiger partial charge >= 0.3 is 12.0 Å². The number of benzene rings is 1. The van der Waals surface area contributed by atoms with Crippen LogP contribution in [0.15, 0.2) is 18.2 Å². The molecule has 110 valence electrons. The second-order valence-electron chi connectivity index (χ2n) is 4.42. The molecule has 1 aromatic rings. The largest absolute Gasteiger partial charge is 0.497 e. The number of methoxy groups -OCH3 is 1. The first kappa shape index (κ1) is 16.1. The Balaban J connectivity index is 2.83. The Hall–Kier alpha value is -1.95. The molecule has 0 saturated carbocycles. The third kappa shape index (κ3) is 3.77. The Morgan fingerprint density at radius 2 is 2.10 bits per heavy atom. The minimum atomic E-state index is -1.34. The zero-order valence-electron chi connectivity index (χ0n) is 11.5. The van der Waals surface area contributed by atoms with Crippen LogP contribution in [0, 0.1) is 0 Å². The quantitative estimate of drug-likeness (QED) is 0.780. The predicted octanol–water partition coefficient (Wildman–Crippen LogP) is 2.72. The lowest BCUT2D eigenvalue weighted by Gasteiger charge is -2.24. The molecule has 0 fully saturated rings. The SMILES string of the molecule is CCC(C)(NC(=O)Nc1cc(OC)ccc1Cl)C(=O)O. The van der Waals surface area contributed by atoms with E-state index in [1.807, 2.05) is 0 Å². The van der Waals surface area contributed by atoms with Crippen LogP contribution in [0.2, 0.25) is 5.02 Å². The molecule has 20 heavy (non-hydrogen) atoms. The standard InChI is InChI=1S/C13H17ClN2O4/c1-4-13(2,11(17)18)16-12(19)15-10-7-8(20-3)5-6-9(10)14/h5-7H,4H2,1-3H3,(H,17,18)(H2,15,16,19). The summed E-state index contributed by atoms with van der Waals surface area (Å²) >= 11 is 5.95. The van der Waals surface area contributed by atoms with Gasteiger partial charge in [0.25, 0.3) is 0 Å². The Kier molecular flexibility index (Phi) is 5.21. The third-order valence-corrected chi connectivity index (χ3v) is 3.32. The molecule has 0 bridgehead atoms. The third-order valence-electron chi connectivity index (χ3n) is 2.99. The Bertz CT molecular complexity index is 521. The van der Waals surface area contributed by atoms with Crippen molar-refractivity contribution >= 4 is 29.3 Å². The highest BCUT2D eigenvalue weighted by Gasteiger charge is 2.32. The topological polar surface area (TPSA) is 87.7 Å². The molecule has 7 heteroatoms. The van der Waals surface area contributed by atoms with Gasteiger partial charge in [0.1, 0.15) is 11.3 Å². The number of amides is 2. The van der Waals surface area contributed by atoms with Gasteiger partial charge in [0.15, 0.2) is 0 Å². The van der Waals surface area contributed by atoms with Crippen molar-refractivity contribution < 1.29 is 19.4 Å². The molecule has 0 radical (unpaired) electrons. The van der Waals surface area contributed by atoms with Crippen LogP contribution in [0.5, 0.6) is 5.75 Å². The molecule has 0 heterocycles. The first-order valence-electron chi connectivity index (χ1n) is 5.98. The second-order valence-corrected chi connectivity index (χ2v) is 4.82. The molecular formula is C13H17ClN2O4. The molecule has 1 atom stereocenters. The van der Waals surface area contributed by atoms with E-state index in [9.17, 15) is 9.59 Å². The highest BCUT2D eigenvalue weighted by atomic mass is 35.5. The lowest BCUT2D eigenvalue weighted by molar-refractivity contribution is -0.143. The molecule has 0 saturated heterocycles. The van der Waals surface area contributed by atoms with Crippen LogP contribution in [-0.2, 0) is 4.79 Å². The summed E-state index contributed by atoms with van der Waals surface area (Å²) < 4.78 is 5.03. The molecule has 1 aromatic carbocycles. The van der Waals surface area contributed by atoms with E-state index in [0.717, 1.165) is 0 Å². The number of hydrogen-bond acceptors (Lipinski definition) is 3. The lowest BCUT2D eigenvalue weighted by atomic mass is 10.00. The maximum absolute atomic E-state index is 11.9. The Morgan fingerprint density at radius 1 is 1.45 bits per heavy atom. The van der Waals surface area contributed by atoms with Crippen molar-refractivity contribution in [1.29, 1.82) is 0 Å². The van der Waals surface area contributed by atoms with E-state index in [-0.39, 0.29) is 6.42 Å². The second kappa shape index (κ2) is 6.47. The first-order chi connectivity index (χ1) is 9.32. The van der Waals surface area contributed by atoms with Gasteiger partial charge in [0.2, 0.25) is 0 Å². The van der Waals surface area contributed by atoms with Gasteiger partial charge in [-0.2, -0.15) is 0 Å². The minimum absolute atomic E-state index is 0.252. The molecule has 0 aromatic heterocycles. The van der Waals surface area contributed by atoms with Crippen LogP contribution < -0.4 is 15.4 Å². The number of urea groups is 1. The number of carboxylic acid groups (broad SMARTS) is 1. The number of rotatable bonds is 5. The molecule has 0 aliphatic rings. The van der Waals surface area contributed by atoms with Crippen LogP contribution in [-0.4, -0.2) is 29.8 Å². The van der Waals surface area contributed by atoms with E-state index < -0.39 is 17.5 Å². The van der Waals surface area contributed by atoms with Gasteiger partial charge in [-0.05, 0) is 25.5 Å². The lowest BCUT2D eigenvalue weighted by Crippen LogP contribution is -2.53. The van der Waals surface area contributed by atoms with Crippen LogP contribution in [0.4, 0.5) is 10.5 Å². The van der Waals surface area contributed by atoms with Gasteiger partial charge in [0.05, 0.1) is 17.8 Å². The van der Waals surface area contributed by atoms with Gasteiger partial charge in [-0.1, -0.05) is 18.5 Å². The fourth-order valence-electron chi connectivity index (χ4n) is 1.42. The van der Waals surface area contributed by atoms with Crippen LogP contribution in [0.25, 0.3) is 0 Å². The average molecular weight is 301 g/mol. The zero-order chi connectivity index (χ0) is 15.3. The number of hydrogen-bond donors (Lipinski definition) is 3. The zero-order valence-corrected chi connectivity index (χ0v) is 12.2. The summed E-state index contributed by atoms with van der Waals surface area (Å²) in [6.07, 6.45) is 0.252. The highest BCUT2D eigenvalue weighted by Crippen LogP contribution is 2.26. The molecule has 0 aliphatic heterocycles. The molecule has 0 aliphatic carbocycles. The van der Waals surface area contributed by atoms with Gasteiger partial charge in [-0.25, -0.2) is 9.59 Å². The van der Waals surface area contributed by atoms with Gasteiger partial charge in [0, 0.05) is 6.07 Å². The monoisotopic (exact) mass is 300 g/mol. The van der Waals surface area contributed by atoms with Crippen molar-refractivity contribution in [3.8, 4) is 5.75 Å². The summed E-state index contributed by atoms with van der Waals surface area (Å²) in [5, 5.41) is 14.3. The van der Waals surface area contributed by atoms with E-state index >= 15 is 0 Å². The number of aliphatic carboxylic acids is 1. The predicted molar refractivity (Wildman–Crippen MR) is 76.5 cm³/mol. The van der Waals surface area contributed by atoms with Crippen molar-refractivity contribution in [3.63, 3.8) is 0 Å². The fraction of sp³-hybridized carbons (Fsp3) is 0.385. The molecule has 1 unspecified atom stereocenters. The first-order valence-corrected chi connectivity index (χ1v) is 6.36. The van der Waals surface area contributed by atoms with Gasteiger partial charge in [-0.15, -0.1) is 0 Å². The summed E-state index contributed by atoms with van der Waals surface area (Å²) in [6.45, 7) is 3.11. The number of anilines is 1.